The van der Waals surface area contributed by atoms with E-state index in [9.17, 15) is 4.79 Å². The molecule has 2 heterocycles. The van der Waals surface area contributed by atoms with Gasteiger partial charge in [-0.25, -0.2) is 9.97 Å². The lowest BCUT2D eigenvalue weighted by Gasteiger charge is -2.06. The van der Waals surface area contributed by atoms with Gasteiger partial charge in [0.25, 0.3) is 0 Å². The highest BCUT2D eigenvalue weighted by Gasteiger charge is 2.20. The predicted molar refractivity (Wildman–Crippen MR) is 72.2 cm³/mol. The fourth-order valence-corrected chi connectivity index (χ4v) is 2.14. The molecule has 2 aromatic rings. The van der Waals surface area contributed by atoms with E-state index in [2.05, 4.69) is 31.0 Å². The van der Waals surface area contributed by atoms with Crippen molar-refractivity contribution in [2.24, 2.45) is 0 Å². The number of aromatic nitrogens is 4. The molecule has 0 saturated carbocycles. The van der Waals surface area contributed by atoms with Crippen LogP contribution in [-0.4, -0.2) is 32.6 Å². The number of rotatable bonds is 5. The van der Waals surface area contributed by atoms with Gasteiger partial charge in [0.1, 0.15) is 17.7 Å². The summed E-state index contributed by atoms with van der Waals surface area (Å²) in [6.07, 6.45) is 3.81. The molecule has 6 nitrogen and oxygen atoms in total. The summed E-state index contributed by atoms with van der Waals surface area (Å²) in [7, 11) is 1.49. The molecule has 0 aliphatic heterocycles. The molecule has 0 N–H and O–H groups in total. The van der Waals surface area contributed by atoms with Gasteiger partial charge in [0, 0.05) is 12.6 Å². The van der Waals surface area contributed by atoms with Gasteiger partial charge in [0.05, 0.1) is 17.8 Å². The first kappa shape index (κ1) is 13.7. The summed E-state index contributed by atoms with van der Waals surface area (Å²) in [4.78, 5) is 20.3. The van der Waals surface area contributed by atoms with Crippen molar-refractivity contribution in [2.75, 3.05) is 7.11 Å². The van der Waals surface area contributed by atoms with Gasteiger partial charge in [0.15, 0.2) is 0 Å². The molecule has 0 bridgehead atoms. The molecule has 19 heavy (non-hydrogen) atoms. The van der Waals surface area contributed by atoms with Crippen molar-refractivity contribution in [3.63, 3.8) is 0 Å². The lowest BCUT2D eigenvalue weighted by Crippen LogP contribution is -2.13. The topological polar surface area (TPSA) is 69.9 Å². The summed E-state index contributed by atoms with van der Waals surface area (Å²) in [5.41, 5.74) is 0.771. The maximum atomic E-state index is 12.5. The van der Waals surface area contributed by atoms with Crippen LogP contribution in [0, 0.1) is 0 Å². The van der Waals surface area contributed by atoms with Crippen LogP contribution in [0.1, 0.15) is 29.5 Å². The Morgan fingerprint density at radius 1 is 1.47 bits per heavy atom. The van der Waals surface area contributed by atoms with Crippen molar-refractivity contribution in [1.29, 1.82) is 0 Å². The van der Waals surface area contributed by atoms with E-state index in [-0.39, 0.29) is 11.5 Å². The van der Waals surface area contributed by atoms with Crippen molar-refractivity contribution in [3.8, 4) is 5.88 Å². The van der Waals surface area contributed by atoms with E-state index in [0.29, 0.717) is 22.6 Å². The molecule has 0 amide bonds. The molecule has 0 saturated heterocycles. The van der Waals surface area contributed by atoms with Crippen LogP contribution in [0.5, 0.6) is 5.88 Å². The van der Waals surface area contributed by atoms with Crippen molar-refractivity contribution < 1.29 is 9.53 Å². The van der Waals surface area contributed by atoms with Gasteiger partial charge < -0.3 is 4.74 Å². The number of aryl methyl sites for hydroxylation is 1. The van der Waals surface area contributed by atoms with E-state index in [1.54, 1.807) is 10.9 Å². The fraction of sp³-hybridized carbons (Fsp3) is 0.333. The van der Waals surface area contributed by atoms with Crippen LogP contribution in [0.25, 0.3) is 0 Å². The molecular weight excluding hydrogens is 312 g/mol. The minimum atomic E-state index is -0.210. The molecule has 0 aliphatic rings. The summed E-state index contributed by atoms with van der Waals surface area (Å²) >= 11 is 3.34. The maximum Gasteiger partial charge on any atom is 0.230 e. The van der Waals surface area contributed by atoms with Gasteiger partial charge in [-0.05, 0) is 22.4 Å². The van der Waals surface area contributed by atoms with Gasteiger partial charge in [-0.15, -0.1) is 0 Å². The van der Waals surface area contributed by atoms with Gasteiger partial charge >= 0.3 is 0 Å². The van der Waals surface area contributed by atoms with Crippen molar-refractivity contribution in [2.45, 2.75) is 19.9 Å². The fourth-order valence-electron chi connectivity index (χ4n) is 1.67. The largest absolute Gasteiger partial charge is 0.481 e. The Morgan fingerprint density at radius 2 is 2.26 bits per heavy atom. The average molecular weight is 325 g/mol. The summed E-state index contributed by atoms with van der Waals surface area (Å²) in [6.45, 7) is 2.70. The number of nitrogens with zero attached hydrogens (tertiary/aromatic N) is 4. The van der Waals surface area contributed by atoms with E-state index in [1.165, 1.54) is 19.5 Å². The van der Waals surface area contributed by atoms with Gasteiger partial charge in [0.2, 0.25) is 11.7 Å². The minimum absolute atomic E-state index is 0.210. The molecule has 0 unspecified atom stereocenters. The first-order valence-corrected chi connectivity index (χ1v) is 6.58. The predicted octanol–water partition coefficient (Wildman–Crippen LogP) is 2.09. The molecule has 100 valence electrons. The van der Waals surface area contributed by atoms with Crippen LogP contribution < -0.4 is 4.74 Å². The number of hydrogen-bond donors (Lipinski definition) is 0. The molecule has 2 rings (SSSR count). The Hall–Kier alpha value is -1.76. The van der Waals surface area contributed by atoms with E-state index in [1.807, 2.05) is 6.92 Å². The minimum Gasteiger partial charge on any atom is -0.481 e. The Bertz CT molecular complexity index is 597. The van der Waals surface area contributed by atoms with Crippen LogP contribution in [0.2, 0.25) is 0 Å². The Morgan fingerprint density at radius 3 is 2.95 bits per heavy atom. The summed E-state index contributed by atoms with van der Waals surface area (Å²) < 4.78 is 7.32. The lowest BCUT2D eigenvalue weighted by molar-refractivity contribution is 0.102. The van der Waals surface area contributed by atoms with Crippen molar-refractivity contribution in [3.05, 3.63) is 34.5 Å². The zero-order valence-corrected chi connectivity index (χ0v) is 12.2. The van der Waals surface area contributed by atoms with E-state index in [4.69, 9.17) is 4.74 Å². The number of methoxy groups -OCH3 is 1. The van der Waals surface area contributed by atoms with Gasteiger partial charge in [-0.2, -0.15) is 5.10 Å². The van der Waals surface area contributed by atoms with E-state index in [0.717, 1.165) is 6.42 Å². The highest BCUT2D eigenvalue weighted by molar-refractivity contribution is 9.10. The zero-order chi connectivity index (χ0) is 13.8. The van der Waals surface area contributed by atoms with Crippen LogP contribution in [0.4, 0.5) is 0 Å². The average Bonchev–Trinajstić information content (AvgIpc) is 2.79. The van der Waals surface area contributed by atoms with Gasteiger partial charge in [-0.3, -0.25) is 9.48 Å². The van der Waals surface area contributed by atoms with Crippen LogP contribution in [0.15, 0.2) is 23.1 Å². The molecule has 0 aromatic carbocycles. The third-order valence-corrected chi connectivity index (χ3v) is 3.11. The highest BCUT2D eigenvalue weighted by Crippen LogP contribution is 2.20. The van der Waals surface area contributed by atoms with Crippen LogP contribution in [0.3, 0.4) is 0 Å². The lowest BCUT2D eigenvalue weighted by atomic mass is 10.2. The molecule has 0 spiro atoms. The van der Waals surface area contributed by atoms with Crippen LogP contribution >= 0.6 is 15.9 Å². The Kier molecular flexibility index (Phi) is 4.26. The summed E-state index contributed by atoms with van der Waals surface area (Å²) in [5, 5.41) is 4.17. The van der Waals surface area contributed by atoms with Crippen molar-refractivity contribution in [1.82, 2.24) is 19.7 Å². The number of ketones is 1. The van der Waals surface area contributed by atoms with E-state index >= 15 is 0 Å². The van der Waals surface area contributed by atoms with Crippen molar-refractivity contribution >= 4 is 21.7 Å². The quantitative estimate of drug-likeness (QED) is 0.787. The first-order chi connectivity index (χ1) is 9.17. The Labute approximate surface area is 119 Å². The molecule has 0 fully saturated rings. The number of carbonyl (C=O) groups is 1. The molecule has 0 aliphatic carbocycles. The van der Waals surface area contributed by atoms with Gasteiger partial charge in [-0.1, -0.05) is 6.92 Å². The molecular formula is C12H13BrN4O2. The number of carbonyl (C=O) groups excluding carboxylic acids is 1. The SMILES string of the molecule is CCCn1ncc(Br)c1C(=O)c1cc(OC)ncn1. The standard InChI is InChI=1S/C12H13BrN4O2/c1-3-4-17-11(8(13)6-16-17)12(18)9-5-10(19-2)15-7-14-9/h5-7H,3-4H2,1-2H3. The number of halogens is 1. The molecule has 7 heteroatoms. The second kappa shape index (κ2) is 5.92. The third-order valence-electron chi connectivity index (χ3n) is 2.53. The van der Waals surface area contributed by atoms with E-state index < -0.39 is 0 Å². The second-order valence-electron chi connectivity index (χ2n) is 3.84. The summed E-state index contributed by atoms with van der Waals surface area (Å²) in [6, 6.07) is 1.51. The highest BCUT2D eigenvalue weighted by atomic mass is 79.9. The molecule has 2 aromatic heterocycles. The van der Waals surface area contributed by atoms with Crippen LogP contribution in [-0.2, 0) is 6.54 Å². The normalized spacial score (nSPS) is 10.5. The maximum absolute atomic E-state index is 12.5. The number of ether oxygens (including phenoxy) is 1. The Balaban J connectivity index is 2.40. The monoisotopic (exact) mass is 324 g/mol. The summed E-state index contributed by atoms with van der Waals surface area (Å²) in [5.74, 6) is 0.148. The first-order valence-electron chi connectivity index (χ1n) is 5.79. The zero-order valence-electron chi connectivity index (χ0n) is 10.6. The third kappa shape index (κ3) is 2.81. The molecule has 0 atom stereocenters. The smallest absolute Gasteiger partial charge is 0.230 e. The number of hydrogen-bond acceptors (Lipinski definition) is 5. The molecule has 0 radical (unpaired) electrons. The second-order valence-corrected chi connectivity index (χ2v) is 4.69.